The van der Waals surface area contributed by atoms with Gasteiger partial charge >= 0.3 is 0 Å². The maximum Gasteiger partial charge on any atom is 0.292 e. The highest BCUT2D eigenvalue weighted by Gasteiger charge is 2.11. The van der Waals surface area contributed by atoms with Crippen molar-refractivity contribution in [3.05, 3.63) is 63.9 Å². The summed E-state index contributed by atoms with van der Waals surface area (Å²) < 4.78 is 5.34. The van der Waals surface area contributed by atoms with Crippen molar-refractivity contribution in [2.45, 2.75) is 13.5 Å². The number of amides is 1. The van der Waals surface area contributed by atoms with Crippen LogP contribution in [0, 0.1) is 0 Å². The SMILES string of the molecule is CCOC(=NCc1ccccn1)NC(=O)c1ccc(Cl)c(Cl)c1. The van der Waals surface area contributed by atoms with E-state index in [9.17, 15) is 4.79 Å². The first-order valence-corrected chi connectivity index (χ1v) is 7.69. The molecule has 0 aliphatic rings. The molecule has 2 aromatic rings. The van der Waals surface area contributed by atoms with Crippen molar-refractivity contribution >= 4 is 35.1 Å². The van der Waals surface area contributed by atoms with E-state index in [2.05, 4.69) is 15.3 Å². The van der Waals surface area contributed by atoms with Gasteiger partial charge in [-0.25, -0.2) is 4.99 Å². The molecule has 23 heavy (non-hydrogen) atoms. The Morgan fingerprint density at radius 1 is 1.26 bits per heavy atom. The number of ether oxygens (including phenoxy) is 1. The lowest BCUT2D eigenvalue weighted by molar-refractivity contribution is 0.0966. The summed E-state index contributed by atoms with van der Waals surface area (Å²) >= 11 is 11.8. The minimum Gasteiger partial charge on any atom is -0.465 e. The minimum absolute atomic E-state index is 0.134. The van der Waals surface area contributed by atoms with Crippen molar-refractivity contribution in [1.29, 1.82) is 0 Å². The Morgan fingerprint density at radius 2 is 2.09 bits per heavy atom. The molecule has 0 unspecified atom stereocenters. The molecule has 1 amide bonds. The summed E-state index contributed by atoms with van der Waals surface area (Å²) in [5.74, 6) is -0.378. The largest absolute Gasteiger partial charge is 0.465 e. The van der Waals surface area contributed by atoms with Crippen LogP contribution in [0.25, 0.3) is 0 Å². The van der Waals surface area contributed by atoms with Crippen molar-refractivity contribution in [2.24, 2.45) is 4.99 Å². The molecule has 5 nitrogen and oxygen atoms in total. The molecule has 0 bridgehead atoms. The zero-order valence-corrected chi connectivity index (χ0v) is 13.9. The molecular formula is C16H15Cl2N3O2. The Balaban J connectivity index is 2.08. The number of nitrogens with zero attached hydrogens (tertiary/aromatic N) is 2. The zero-order chi connectivity index (χ0) is 16.7. The fraction of sp³-hybridized carbons (Fsp3) is 0.188. The fourth-order valence-corrected chi connectivity index (χ4v) is 2.01. The molecule has 1 heterocycles. The Morgan fingerprint density at radius 3 is 2.74 bits per heavy atom. The van der Waals surface area contributed by atoms with Crippen LogP contribution in [0.3, 0.4) is 0 Å². The summed E-state index contributed by atoms with van der Waals surface area (Å²) in [6.07, 6.45) is 1.68. The average Bonchev–Trinajstić information content (AvgIpc) is 2.56. The first-order chi connectivity index (χ1) is 11.1. The maximum atomic E-state index is 12.2. The number of hydrogen-bond donors (Lipinski definition) is 1. The number of pyridine rings is 1. The number of aromatic nitrogens is 1. The van der Waals surface area contributed by atoms with E-state index in [4.69, 9.17) is 27.9 Å². The van der Waals surface area contributed by atoms with Crippen molar-refractivity contribution in [3.63, 3.8) is 0 Å². The standard InChI is InChI=1S/C16H15Cl2N3O2/c1-2-23-16(20-10-12-5-3-4-8-19-12)21-15(22)11-6-7-13(17)14(18)9-11/h3-9H,2,10H2,1H3,(H,20,21,22). The topological polar surface area (TPSA) is 63.6 Å². The number of carbonyl (C=O) groups is 1. The van der Waals surface area contributed by atoms with E-state index in [1.807, 2.05) is 25.1 Å². The molecule has 1 N–H and O–H groups in total. The smallest absolute Gasteiger partial charge is 0.292 e. The van der Waals surface area contributed by atoms with Crippen molar-refractivity contribution in [2.75, 3.05) is 6.61 Å². The van der Waals surface area contributed by atoms with Gasteiger partial charge in [-0.3, -0.25) is 15.1 Å². The van der Waals surface area contributed by atoms with Crippen LogP contribution in [0.15, 0.2) is 47.6 Å². The van der Waals surface area contributed by atoms with Crippen LogP contribution >= 0.6 is 23.2 Å². The van der Waals surface area contributed by atoms with E-state index in [0.717, 1.165) is 5.69 Å². The van der Waals surface area contributed by atoms with Crippen LogP contribution < -0.4 is 5.32 Å². The Labute approximate surface area is 144 Å². The van der Waals surface area contributed by atoms with Gasteiger partial charge in [-0.2, -0.15) is 0 Å². The van der Waals surface area contributed by atoms with Gasteiger partial charge in [-0.1, -0.05) is 29.3 Å². The Bertz CT molecular complexity index is 706. The minimum atomic E-state index is -0.378. The summed E-state index contributed by atoms with van der Waals surface area (Å²) in [5, 5.41) is 3.30. The highest BCUT2D eigenvalue weighted by molar-refractivity contribution is 6.42. The summed E-state index contributed by atoms with van der Waals surface area (Å²) in [4.78, 5) is 20.6. The number of halogens is 2. The molecule has 2 rings (SSSR count). The van der Waals surface area contributed by atoms with Gasteiger partial charge in [0.1, 0.15) is 0 Å². The lowest BCUT2D eigenvalue weighted by Gasteiger charge is -2.09. The molecular weight excluding hydrogens is 337 g/mol. The molecule has 0 radical (unpaired) electrons. The summed E-state index contributed by atoms with van der Waals surface area (Å²) in [5.41, 5.74) is 1.14. The van der Waals surface area contributed by atoms with Gasteiger partial charge in [0.15, 0.2) is 0 Å². The van der Waals surface area contributed by atoms with Crippen LogP contribution in [-0.4, -0.2) is 23.5 Å². The summed E-state index contributed by atoms with van der Waals surface area (Å²) in [6, 6.07) is 10.3. The number of amidine groups is 1. The number of carbonyl (C=O) groups excluding carboxylic acids is 1. The highest BCUT2D eigenvalue weighted by atomic mass is 35.5. The van der Waals surface area contributed by atoms with Crippen LogP contribution in [0.4, 0.5) is 0 Å². The second-order valence-corrected chi connectivity index (χ2v) is 5.27. The van der Waals surface area contributed by atoms with E-state index < -0.39 is 0 Å². The van der Waals surface area contributed by atoms with Gasteiger partial charge in [0.25, 0.3) is 11.9 Å². The third kappa shape index (κ3) is 5.23. The highest BCUT2D eigenvalue weighted by Crippen LogP contribution is 2.22. The molecule has 1 aromatic heterocycles. The monoisotopic (exact) mass is 351 g/mol. The Hall–Kier alpha value is -2.11. The molecule has 0 fully saturated rings. The number of rotatable bonds is 4. The van der Waals surface area contributed by atoms with Crippen LogP contribution in [0.2, 0.25) is 10.0 Å². The molecule has 0 aliphatic carbocycles. The lowest BCUT2D eigenvalue weighted by atomic mass is 10.2. The molecule has 0 spiro atoms. The molecule has 0 atom stereocenters. The Kier molecular flexibility index (Phi) is 6.38. The third-order valence-corrected chi connectivity index (χ3v) is 3.53. The summed E-state index contributed by atoms with van der Waals surface area (Å²) in [6.45, 7) is 2.49. The molecule has 1 aromatic carbocycles. The van der Waals surface area contributed by atoms with E-state index in [0.29, 0.717) is 28.8 Å². The van der Waals surface area contributed by atoms with Crippen molar-refractivity contribution < 1.29 is 9.53 Å². The van der Waals surface area contributed by atoms with Gasteiger partial charge in [-0.15, -0.1) is 0 Å². The van der Waals surface area contributed by atoms with Crippen LogP contribution in [-0.2, 0) is 11.3 Å². The second-order valence-electron chi connectivity index (χ2n) is 4.46. The molecule has 0 saturated carbocycles. The van der Waals surface area contributed by atoms with Gasteiger partial charge in [0, 0.05) is 11.8 Å². The van der Waals surface area contributed by atoms with Gasteiger partial charge < -0.3 is 4.74 Å². The van der Waals surface area contributed by atoms with Gasteiger partial charge in [-0.05, 0) is 37.3 Å². The molecule has 7 heteroatoms. The molecule has 120 valence electrons. The maximum absolute atomic E-state index is 12.2. The van der Waals surface area contributed by atoms with E-state index >= 15 is 0 Å². The number of aliphatic imine (C=N–C) groups is 1. The van der Waals surface area contributed by atoms with Crippen LogP contribution in [0.1, 0.15) is 23.0 Å². The quantitative estimate of drug-likeness (QED) is 0.674. The third-order valence-electron chi connectivity index (χ3n) is 2.79. The van der Waals surface area contributed by atoms with Gasteiger partial charge in [0.05, 0.1) is 28.9 Å². The first-order valence-electron chi connectivity index (χ1n) is 6.93. The van der Waals surface area contributed by atoms with Crippen molar-refractivity contribution in [3.8, 4) is 0 Å². The average molecular weight is 352 g/mol. The number of hydrogen-bond acceptors (Lipinski definition) is 4. The van der Waals surface area contributed by atoms with Gasteiger partial charge in [0.2, 0.25) is 0 Å². The lowest BCUT2D eigenvalue weighted by Crippen LogP contribution is -2.32. The summed E-state index contributed by atoms with van der Waals surface area (Å²) in [7, 11) is 0. The number of benzene rings is 1. The predicted octanol–water partition coefficient (Wildman–Crippen LogP) is 3.71. The van der Waals surface area contributed by atoms with E-state index in [1.54, 1.807) is 18.3 Å². The van der Waals surface area contributed by atoms with Crippen LogP contribution in [0.5, 0.6) is 0 Å². The zero-order valence-electron chi connectivity index (χ0n) is 12.4. The number of nitrogens with one attached hydrogen (secondary N) is 1. The van der Waals surface area contributed by atoms with E-state index in [-0.39, 0.29) is 11.9 Å². The predicted molar refractivity (Wildman–Crippen MR) is 90.9 cm³/mol. The first kappa shape index (κ1) is 17.2. The molecule has 0 saturated heterocycles. The molecule has 0 aliphatic heterocycles. The van der Waals surface area contributed by atoms with Crippen molar-refractivity contribution in [1.82, 2.24) is 10.3 Å². The normalized spacial score (nSPS) is 11.2. The second kappa shape index (κ2) is 8.50. The van der Waals surface area contributed by atoms with E-state index in [1.165, 1.54) is 6.07 Å². The fourth-order valence-electron chi connectivity index (χ4n) is 1.71.